The molecule has 0 aliphatic carbocycles. The molecule has 4 nitrogen and oxygen atoms in total. The maximum atomic E-state index is 5.69. The molecule has 1 aromatic heterocycles. The van der Waals surface area contributed by atoms with Gasteiger partial charge in [0.1, 0.15) is 0 Å². The van der Waals surface area contributed by atoms with Crippen LogP contribution in [0, 0.1) is 11.3 Å². The molecule has 1 saturated heterocycles. The fourth-order valence-electron chi connectivity index (χ4n) is 2.99. The van der Waals surface area contributed by atoms with Gasteiger partial charge in [-0.3, -0.25) is 9.88 Å². The molecule has 1 aromatic rings. The first-order valence-electron chi connectivity index (χ1n) is 7.97. The van der Waals surface area contributed by atoms with Crippen molar-refractivity contribution in [1.82, 2.24) is 15.2 Å². The first kappa shape index (κ1) is 16.4. The van der Waals surface area contributed by atoms with Crippen molar-refractivity contribution >= 4 is 0 Å². The van der Waals surface area contributed by atoms with Crippen molar-refractivity contribution in [1.29, 1.82) is 0 Å². The predicted octanol–water partition coefficient (Wildman–Crippen LogP) is 2.17. The van der Waals surface area contributed by atoms with Gasteiger partial charge in [0.25, 0.3) is 0 Å². The summed E-state index contributed by atoms with van der Waals surface area (Å²) in [6.07, 6.45) is 3.01. The second-order valence-electron chi connectivity index (χ2n) is 6.82. The van der Waals surface area contributed by atoms with E-state index in [1.165, 1.54) is 0 Å². The van der Waals surface area contributed by atoms with E-state index in [4.69, 9.17) is 4.74 Å². The molecule has 1 unspecified atom stereocenters. The Morgan fingerprint density at radius 3 is 2.90 bits per heavy atom. The third-order valence-electron chi connectivity index (χ3n) is 4.00. The molecule has 0 radical (unpaired) electrons. The molecule has 0 amide bonds. The van der Waals surface area contributed by atoms with E-state index < -0.39 is 0 Å². The summed E-state index contributed by atoms with van der Waals surface area (Å²) in [6.45, 7) is 10.3. The lowest BCUT2D eigenvalue weighted by Gasteiger charge is -2.32. The lowest BCUT2D eigenvalue weighted by molar-refractivity contribution is 0.115. The van der Waals surface area contributed by atoms with E-state index in [-0.39, 0.29) is 5.41 Å². The number of pyridine rings is 1. The Labute approximate surface area is 128 Å². The van der Waals surface area contributed by atoms with Crippen LogP contribution in [-0.4, -0.2) is 49.8 Å². The number of nitrogens with zero attached hydrogens (tertiary/aromatic N) is 2. The Kier molecular flexibility index (Phi) is 6.15. The van der Waals surface area contributed by atoms with Crippen LogP contribution in [0.2, 0.25) is 0 Å². The average Bonchev–Trinajstić information content (AvgIpc) is 2.87. The van der Waals surface area contributed by atoms with Crippen molar-refractivity contribution in [2.45, 2.75) is 26.8 Å². The number of rotatable bonds is 8. The van der Waals surface area contributed by atoms with E-state index in [0.717, 1.165) is 51.5 Å². The quantitative estimate of drug-likeness (QED) is 0.796. The summed E-state index contributed by atoms with van der Waals surface area (Å²) >= 11 is 0. The van der Waals surface area contributed by atoms with Crippen molar-refractivity contribution in [3.05, 3.63) is 30.1 Å². The lowest BCUT2D eigenvalue weighted by atomic mass is 9.86. The summed E-state index contributed by atoms with van der Waals surface area (Å²) in [5, 5.41) is 3.61. The highest BCUT2D eigenvalue weighted by Crippen LogP contribution is 2.29. The first-order chi connectivity index (χ1) is 10.1. The van der Waals surface area contributed by atoms with Crippen LogP contribution in [0.3, 0.4) is 0 Å². The van der Waals surface area contributed by atoms with Gasteiger partial charge in [-0.25, -0.2) is 0 Å². The minimum atomic E-state index is 0.248. The molecule has 21 heavy (non-hydrogen) atoms. The van der Waals surface area contributed by atoms with Crippen LogP contribution >= 0.6 is 0 Å². The second kappa shape index (κ2) is 7.87. The normalized spacial score (nSPS) is 22.3. The van der Waals surface area contributed by atoms with Crippen molar-refractivity contribution < 1.29 is 4.74 Å². The summed E-state index contributed by atoms with van der Waals surface area (Å²) in [6, 6.07) is 6.10. The van der Waals surface area contributed by atoms with E-state index in [2.05, 4.69) is 48.2 Å². The zero-order valence-corrected chi connectivity index (χ0v) is 13.6. The summed E-state index contributed by atoms with van der Waals surface area (Å²) in [5.41, 5.74) is 1.38. The highest BCUT2D eigenvalue weighted by molar-refractivity contribution is 5.03. The summed E-state index contributed by atoms with van der Waals surface area (Å²) in [4.78, 5) is 6.78. The molecular formula is C17H29N3O. The van der Waals surface area contributed by atoms with Gasteiger partial charge in [0, 0.05) is 37.9 Å². The minimum Gasteiger partial charge on any atom is -0.381 e. The number of nitrogens with one attached hydrogen (secondary N) is 1. The molecule has 0 saturated carbocycles. The van der Waals surface area contributed by atoms with Gasteiger partial charge >= 0.3 is 0 Å². The van der Waals surface area contributed by atoms with Crippen LogP contribution in [0.5, 0.6) is 0 Å². The van der Waals surface area contributed by atoms with Crippen molar-refractivity contribution in [3.8, 4) is 0 Å². The molecule has 1 aliphatic heterocycles. The molecule has 1 N–H and O–H groups in total. The van der Waals surface area contributed by atoms with E-state index in [9.17, 15) is 0 Å². The van der Waals surface area contributed by atoms with Crippen molar-refractivity contribution in [2.24, 2.45) is 11.3 Å². The highest BCUT2D eigenvalue weighted by Gasteiger charge is 2.35. The monoisotopic (exact) mass is 291 g/mol. The van der Waals surface area contributed by atoms with Crippen LogP contribution in [0.1, 0.15) is 26.0 Å². The van der Waals surface area contributed by atoms with Crippen molar-refractivity contribution in [3.63, 3.8) is 0 Å². The Hall–Kier alpha value is -0.970. The lowest BCUT2D eigenvalue weighted by Crippen LogP contribution is -2.44. The Morgan fingerprint density at radius 2 is 2.29 bits per heavy atom. The third kappa shape index (κ3) is 5.38. The smallest absolute Gasteiger partial charge is 0.0547 e. The molecule has 1 atom stereocenters. The molecule has 0 bridgehead atoms. The molecule has 1 fully saturated rings. The molecule has 2 rings (SSSR count). The van der Waals surface area contributed by atoms with E-state index in [1.807, 2.05) is 12.3 Å². The van der Waals surface area contributed by atoms with E-state index >= 15 is 0 Å². The highest BCUT2D eigenvalue weighted by atomic mass is 16.5. The number of aromatic nitrogens is 1. The standard InChI is InChI=1S/C17H29N3O/c1-15(2)10-18-12-17(7-9-21-14-17)13-20(3)11-16-6-4-5-8-19-16/h4-6,8,15,18H,7,9-14H2,1-3H3. The predicted molar refractivity (Wildman–Crippen MR) is 86.1 cm³/mol. The van der Waals surface area contributed by atoms with Gasteiger partial charge in [0.2, 0.25) is 0 Å². The maximum absolute atomic E-state index is 5.69. The summed E-state index contributed by atoms with van der Waals surface area (Å²) in [7, 11) is 2.18. The molecule has 0 spiro atoms. The molecule has 1 aliphatic rings. The molecule has 2 heterocycles. The van der Waals surface area contributed by atoms with Crippen LogP contribution in [-0.2, 0) is 11.3 Å². The van der Waals surface area contributed by atoms with Gasteiger partial charge in [-0.15, -0.1) is 0 Å². The molecule has 118 valence electrons. The van der Waals surface area contributed by atoms with Gasteiger partial charge in [0.05, 0.1) is 12.3 Å². The van der Waals surface area contributed by atoms with Crippen molar-refractivity contribution in [2.75, 3.05) is 39.9 Å². The SMILES string of the molecule is CC(C)CNCC1(CN(C)Cc2ccccn2)CCOC1. The number of hydrogen-bond acceptors (Lipinski definition) is 4. The fourth-order valence-corrected chi connectivity index (χ4v) is 2.99. The Balaban J connectivity index is 1.86. The summed E-state index contributed by atoms with van der Waals surface area (Å²) in [5.74, 6) is 0.690. The van der Waals surface area contributed by atoms with Gasteiger partial charge < -0.3 is 10.1 Å². The Bertz CT molecular complexity index is 402. The Morgan fingerprint density at radius 1 is 1.43 bits per heavy atom. The first-order valence-corrected chi connectivity index (χ1v) is 7.97. The third-order valence-corrected chi connectivity index (χ3v) is 4.00. The topological polar surface area (TPSA) is 37.4 Å². The van der Waals surface area contributed by atoms with E-state index in [0.29, 0.717) is 5.92 Å². The van der Waals surface area contributed by atoms with Crippen LogP contribution in [0.4, 0.5) is 0 Å². The summed E-state index contributed by atoms with van der Waals surface area (Å²) < 4.78 is 5.69. The number of hydrogen-bond donors (Lipinski definition) is 1. The van der Waals surface area contributed by atoms with Crippen LogP contribution in [0.15, 0.2) is 24.4 Å². The van der Waals surface area contributed by atoms with Crippen LogP contribution < -0.4 is 5.32 Å². The zero-order valence-electron chi connectivity index (χ0n) is 13.6. The molecule has 4 heteroatoms. The second-order valence-corrected chi connectivity index (χ2v) is 6.82. The zero-order chi connectivity index (χ0) is 15.1. The largest absolute Gasteiger partial charge is 0.381 e. The van der Waals surface area contributed by atoms with E-state index in [1.54, 1.807) is 0 Å². The maximum Gasteiger partial charge on any atom is 0.0547 e. The average molecular weight is 291 g/mol. The number of ether oxygens (including phenoxy) is 1. The van der Waals surface area contributed by atoms with Gasteiger partial charge in [-0.2, -0.15) is 0 Å². The van der Waals surface area contributed by atoms with Crippen LogP contribution in [0.25, 0.3) is 0 Å². The minimum absolute atomic E-state index is 0.248. The fraction of sp³-hybridized carbons (Fsp3) is 0.706. The van der Waals surface area contributed by atoms with Gasteiger partial charge in [-0.1, -0.05) is 19.9 Å². The van der Waals surface area contributed by atoms with Gasteiger partial charge in [0.15, 0.2) is 0 Å². The molecular weight excluding hydrogens is 262 g/mol. The van der Waals surface area contributed by atoms with Gasteiger partial charge in [-0.05, 0) is 38.1 Å². The molecule has 0 aromatic carbocycles.